The molecule has 5 rings (SSSR count). The predicted octanol–water partition coefficient (Wildman–Crippen LogP) is 5.15. The van der Waals surface area contributed by atoms with Crippen LogP contribution in [-0.2, 0) is 9.53 Å². The standard InChI is InChI=1S/C22H34O2/c1-20-10-4-11-22(14-24-22)13-15(20)7-8-16-17-5-3-6-19(23)21(17,2)12-9-18(16)20/h15-18H,3-14H2,1-2H3/t15?,16-,17?,18?,20-,21-,22?/m0/s1. The molecule has 0 amide bonds. The van der Waals surface area contributed by atoms with Gasteiger partial charge in [0.15, 0.2) is 0 Å². The van der Waals surface area contributed by atoms with E-state index in [1.165, 1.54) is 57.8 Å². The monoisotopic (exact) mass is 330 g/mol. The molecule has 1 aliphatic heterocycles. The molecule has 0 bridgehead atoms. The lowest BCUT2D eigenvalue weighted by atomic mass is 9.44. The first-order chi connectivity index (χ1) is 11.5. The van der Waals surface area contributed by atoms with Crippen LogP contribution >= 0.6 is 0 Å². The van der Waals surface area contributed by atoms with E-state index in [9.17, 15) is 4.79 Å². The summed E-state index contributed by atoms with van der Waals surface area (Å²) in [5.41, 5.74) is 0.827. The third kappa shape index (κ3) is 2.07. The minimum absolute atomic E-state index is 0.0220. The number of ether oxygens (including phenoxy) is 1. The molecule has 1 heterocycles. The van der Waals surface area contributed by atoms with Gasteiger partial charge in [0.2, 0.25) is 0 Å². The number of ketones is 1. The maximum absolute atomic E-state index is 12.7. The number of fused-ring (bicyclic) bond motifs is 5. The Kier molecular flexibility index (Phi) is 3.36. The van der Waals surface area contributed by atoms with Crippen LogP contribution in [0.1, 0.15) is 84.5 Å². The Labute approximate surface area is 147 Å². The number of epoxide rings is 1. The van der Waals surface area contributed by atoms with E-state index >= 15 is 0 Å². The second-order valence-electron chi connectivity index (χ2n) is 10.5. The Bertz CT molecular complexity index is 550. The van der Waals surface area contributed by atoms with Gasteiger partial charge < -0.3 is 4.74 Å². The van der Waals surface area contributed by atoms with Crippen LogP contribution < -0.4 is 0 Å². The van der Waals surface area contributed by atoms with Gasteiger partial charge in [0.25, 0.3) is 0 Å². The fourth-order valence-electron chi connectivity index (χ4n) is 7.93. The van der Waals surface area contributed by atoms with Crippen molar-refractivity contribution in [1.29, 1.82) is 0 Å². The van der Waals surface area contributed by atoms with Crippen LogP contribution in [0.5, 0.6) is 0 Å². The molecule has 2 heteroatoms. The van der Waals surface area contributed by atoms with Gasteiger partial charge in [0.05, 0.1) is 12.2 Å². The van der Waals surface area contributed by atoms with E-state index in [2.05, 4.69) is 13.8 Å². The van der Waals surface area contributed by atoms with Crippen LogP contribution in [0.2, 0.25) is 0 Å². The van der Waals surface area contributed by atoms with Crippen molar-refractivity contribution in [1.82, 2.24) is 0 Å². The van der Waals surface area contributed by atoms with E-state index in [0.29, 0.717) is 22.7 Å². The highest BCUT2D eigenvalue weighted by atomic mass is 16.6. The summed E-state index contributed by atoms with van der Waals surface area (Å²) in [5, 5.41) is 0. The van der Waals surface area contributed by atoms with Gasteiger partial charge in [0.1, 0.15) is 5.78 Å². The van der Waals surface area contributed by atoms with E-state index in [1.54, 1.807) is 0 Å². The lowest BCUT2D eigenvalue weighted by Gasteiger charge is -2.60. The van der Waals surface area contributed by atoms with Crippen molar-refractivity contribution < 1.29 is 9.53 Å². The van der Waals surface area contributed by atoms with Gasteiger partial charge >= 0.3 is 0 Å². The van der Waals surface area contributed by atoms with Crippen molar-refractivity contribution in [2.45, 2.75) is 90.1 Å². The molecule has 0 radical (unpaired) electrons. The van der Waals surface area contributed by atoms with E-state index in [-0.39, 0.29) is 5.41 Å². The minimum atomic E-state index is 0.0220. The molecule has 1 saturated heterocycles. The van der Waals surface area contributed by atoms with Gasteiger partial charge in [-0.15, -0.1) is 0 Å². The Morgan fingerprint density at radius 3 is 2.58 bits per heavy atom. The molecule has 0 N–H and O–H groups in total. The van der Waals surface area contributed by atoms with Crippen molar-refractivity contribution in [3.63, 3.8) is 0 Å². The molecule has 2 nitrogen and oxygen atoms in total. The lowest BCUT2D eigenvalue weighted by Crippen LogP contribution is -2.55. The second-order valence-corrected chi connectivity index (χ2v) is 10.5. The highest BCUT2D eigenvalue weighted by molar-refractivity contribution is 5.85. The topological polar surface area (TPSA) is 29.6 Å². The summed E-state index contributed by atoms with van der Waals surface area (Å²) in [7, 11) is 0. The van der Waals surface area contributed by atoms with Crippen molar-refractivity contribution in [3.05, 3.63) is 0 Å². The molecule has 1 spiro atoms. The summed E-state index contributed by atoms with van der Waals surface area (Å²) in [6, 6.07) is 0. The molecule has 5 fully saturated rings. The fourth-order valence-corrected chi connectivity index (χ4v) is 7.93. The van der Waals surface area contributed by atoms with Gasteiger partial charge in [-0.05, 0) is 93.3 Å². The van der Waals surface area contributed by atoms with E-state index in [4.69, 9.17) is 4.74 Å². The minimum Gasteiger partial charge on any atom is -0.370 e. The number of rotatable bonds is 0. The van der Waals surface area contributed by atoms with E-state index < -0.39 is 0 Å². The van der Waals surface area contributed by atoms with Gasteiger partial charge in [0, 0.05) is 11.8 Å². The average Bonchev–Trinajstić information content (AvgIpc) is 3.33. The smallest absolute Gasteiger partial charge is 0.139 e. The normalized spacial score (nSPS) is 56.8. The Morgan fingerprint density at radius 2 is 1.79 bits per heavy atom. The van der Waals surface area contributed by atoms with Gasteiger partial charge in [-0.25, -0.2) is 0 Å². The molecule has 0 aromatic heterocycles. The quantitative estimate of drug-likeness (QED) is 0.575. The third-order valence-corrected chi connectivity index (χ3v) is 9.53. The van der Waals surface area contributed by atoms with Crippen LogP contribution in [0.15, 0.2) is 0 Å². The van der Waals surface area contributed by atoms with Crippen molar-refractivity contribution in [2.24, 2.45) is 34.5 Å². The first-order valence-corrected chi connectivity index (χ1v) is 10.6. The molecule has 134 valence electrons. The lowest BCUT2D eigenvalue weighted by molar-refractivity contribution is -0.152. The van der Waals surface area contributed by atoms with Gasteiger partial charge in [-0.3, -0.25) is 4.79 Å². The zero-order valence-corrected chi connectivity index (χ0v) is 15.6. The molecule has 24 heavy (non-hydrogen) atoms. The summed E-state index contributed by atoms with van der Waals surface area (Å²) in [6.07, 6.45) is 14.0. The van der Waals surface area contributed by atoms with Crippen LogP contribution in [0.4, 0.5) is 0 Å². The summed E-state index contributed by atoms with van der Waals surface area (Å²) in [6.45, 7) is 5.98. The highest BCUT2D eigenvalue weighted by Gasteiger charge is 2.60. The zero-order valence-electron chi connectivity index (χ0n) is 15.6. The van der Waals surface area contributed by atoms with Gasteiger partial charge in [-0.2, -0.15) is 0 Å². The van der Waals surface area contributed by atoms with Crippen LogP contribution in [-0.4, -0.2) is 18.0 Å². The molecular formula is C22H34O2. The zero-order chi connectivity index (χ0) is 16.6. The molecule has 0 aromatic rings. The second kappa shape index (κ2) is 5.09. The van der Waals surface area contributed by atoms with E-state index in [1.807, 2.05) is 0 Å². The average molecular weight is 331 g/mol. The molecule has 0 aromatic carbocycles. The van der Waals surface area contributed by atoms with E-state index in [0.717, 1.165) is 37.2 Å². The number of Topliss-reactive ketones (excluding diaryl/α,β-unsaturated/α-hetero) is 1. The number of carbonyl (C=O) groups excluding carboxylic acids is 1. The first kappa shape index (κ1) is 15.9. The van der Waals surface area contributed by atoms with Crippen LogP contribution in [0.3, 0.4) is 0 Å². The van der Waals surface area contributed by atoms with Crippen molar-refractivity contribution in [2.75, 3.05) is 6.61 Å². The highest BCUT2D eigenvalue weighted by Crippen LogP contribution is 2.65. The first-order valence-electron chi connectivity index (χ1n) is 10.6. The van der Waals surface area contributed by atoms with Crippen molar-refractivity contribution in [3.8, 4) is 0 Å². The van der Waals surface area contributed by atoms with Crippen LogP contribution in [0, 0.1) is 34.5 Å². The molecule has 4 aliphatic carbocycles. The van der Waals surface area contributed by atoms with Gasteiger partial charge in [-0.1, -0.05) is 13.8 Å². The SMILES string of the molecule is C[C@]12CCCC3(CO3)CC1CC[C@@H]1C2CC[C@]2(C)C(=O)CCCC12. The summed E-state index contributed by atoms with van der Waals surface area (Å²) < 4.78 is 5.92. The Balaban J connectivity index is 1.45. The Morgan fingerprint density at radius 1 is 0.958 bits per heavy atom. The number of carbonyl (C=O) groups is 1. The number of hydrogen-bond donors (Lipinski definition) is 0. The predicted molar refractivity (Wildman–Crippen MR) is 94.7 cm³/mol. The molecular weight excluding hydrogens is 296 g/mol. The summed E-state index contributed by atoms with van der Waals surface area (Å²) in [5.74, 6) is 3.84. The maximum Gasteiger partial charge on any atom is 0.139 e. The molecule has 4 saturated carbocycles. The Hall–Kier alpha value is -0.370. The summed E-state index contributed by atoms with van der Waals surface area (Å²) >= 11 is 0. The third-order valence-electron chi connectivity index (χ3n) is 9.53. The number of hydrogen-bond acceptors (Lipinski definition) is 2. The largest absolute Gasteiger partial charge is 0.370 e. The molecule has 7 atom stereocenters. The maximum atomic E-state index is 12.7. The molecule has 5 aliphatic rings. The van der Waals surface area contributed by atoms with Crippen molar-refractivity contribution >= 4 is 5.78 Å². The fraction of sp³-hybridized carbons (Fsp3) is 0.955. The van der Waals surface area contributed by atoms with Crippen LogP contribution in [0.25, 0.3) is 0 Å². The summed E-state index contributed by atoms with van der Waals surface area (Å²) in [4.78, 5) is 12.7. The molecule has 4 unspecified atom stereocenters.